The second kappa shape index (κ2) is 9.35. The molecule has 0 amide bonds. The highest BCUT2D eigenvalue weighted by Gasteiger charge is 2.25. The quantitative estimate of drug-likeness (QED) is 0.697. The molecule has 0 aliphatic carbocycles. The van der Waals surface area contributed by atoms with E-state index in [1.54, 1.807) is 12.1 Å². The molecule has 0 N–H and O–H groups in total. The van der Waals surface area contributed by atoms with Crippen molar-refractivity contribution in [1.29, 1.82) is 0 Å². The van der Waals surface area contributed by atoms with Crippen molar-refractivity contribution >= 4 is 15.7 Å². The van der Waals surface area contributed by atoms with E-state index in [0.717, 1.165) is 31.5 Å². The molecule has 1 aliphatic rings. The number of para-hydroxylation sites is 1. The Kier molecular flexibility index (Phi) is 6.88. The van der Waals surface area contributed by atoms with E-state index in [2.05, 4.69) is 11.8 Å². The molecule has 0 saturated carbocycles. The molecule has 1 saturated heterocycles. The zero-order chi connectivity index (χ0) is 19.1. The van der Waals surface area contributed by atoms with E-state index in [-0.39, 0.29) is 0 Å². The summed E-state index contributed by atoms with van der Waals surface area (Å²) in [5.41, 5.74) is 1.86. The van der Waals surface area contributed by atoms with Gasteiger partial charge in [-0.25, -0.2) is 8.42 Å². The zero-order valence-corrected chi connectivity index (χ0v) is 16.7. The van der Waals surface area contributed by atoms with Gasteiger partial charge in [0.2, 0.25) is 0 Å². The SMILES string of the molecule is CCCc1ccc(S(=O)(=O)N(CCN2CCOCC2)c2ccccc2)cc1. The maximum Gasteiger partial charge on any atom is 0.264 e. The summed E-state index contributed by atoms with van der Waals surface area (Å²) in [7, 11) is -3.61. The maximum atomic E-state index is 13.4. The van der Waals surface area contributed by atoms with Gasteiger partial charge in [0.1, 0.15) is 0 Å². The predicted octanol–water partition coefficient (Wildman–Crippen LogP) is 3.17. The molecule has 27 heavy (non-hydrogen) atoms. The van der Waals surface area contributed by atoms with Crippen LogP contribution in [0.4, 0.5) is 5.69 Å². The van der Waals surface area contributed by atoms with Crippen molar-refractivity contribution < 1.29 is 13.2 Å². The summed E-state index contributed by atoms with van der Waals surface area (Å²) in [5.74, 6) is 0. The molecule has 2 aromatic carbocycles. The van der Waals surface area contributed by atoms with Crippen molar-refractivity contribution in [3.05, 3.63) is 60.2 Å². The second-order valence-electron chi connectivity index (χ2n) is 6.76. The summed E-state index contributed by atoms with van der Waals surface area (Å²) >= 11 is 0. The molecule has 0 aromatic heterocycles. The molecule has 0 atom stereocenters. The van der Waals surface area contributed by atoms with Gasteiger partial charge in [-0.15, -0.1) is 0 Å². The number of nitrogens with zero attached hydrogens (tertiary/aromatic N) is 2. The average Bonchev–Trinajstić information content (AvgIpc) is 2.70. The number of hydrogen-bond acceptors (Lipinski definition) is 4. The fourth-order valence-electron chi connectivity index (χ4n) is 3.28. The molecular weight excluding hydrogens is 360 g/mol. The highest BCUT2D eigenvalue weighted by Crippen LogP contribution is 2.24. The highest BCUT2D eigenvalue weighted by atomic mass is 32.2. The molecule has 6 heteroatoms. The van der Waals surface area contributed by atoms with Crippen molar-refractivity contribution in [1.82, 2.24) is 4.90 Å². The van der Waals surface area contributed by atoms with Crippen LogP contribution in [0.3, 0.4) is 0 Å². The number of aryl methyl sites for hydroxylation is 1. The molecule has 5 nitrogen and oxygen atoms in total. The van der Waals surface area contributed by atoms with Gasteiger partial charge < -0.3 is 4.74 Å². The topological polar surface area (TPSA) is 49.9 Å². The van der Waals surface area contributed by atoms with Crippen LogP contribution in [0.2, 0.25) is 0 Å². The summed E-state index contributed by atoms with van der Waals surface area (Å²) in [6, 6.07) is 16.6. The highest BCUT2D eigenvalue weighted by molar-refractivity contribution is 7.92. The van der Waals surface area contributed by atoms with Crippen LogP contribution < -0.4 is 4.31 Å². The predicted molar refractivity (Wildman–Crippen MR) is 109 cm³/mol. The van der Waals surface area contributed by atoms with Crippen LogP contribution in [0.5, 0.6) is 0 Å². The monoisotopic (exact) mass is 388 g/mol. The Hall–Kier alpha value is -1.89. The largest absolute Gasteiger partial charge is 0.379 e. The lowest BCUT2D eigenvalue weighted by Gasteiger charge is -2.30. The molecule has 3 rings (SSSR count). The first kappa shape index (κ1) is 19.9. The van der Waals surface area contributed by atoms with Crippen molar-refractivity contribution in [3.8, 4) is 0 Å². The normalized spacial score (nSPS) is 15.6. The minimum absolute atomic E-state index is 0.341. The van der Waals surface area contributed by atoms with Crippen LogP contribution in [0.1, 0.15) is 18.9 Å². The van der Waals surface area contributed by atoms with Gasteiger partial charge in [-0.3, -0.25) is 9.21 Å². The third-order valence-electron chi connectivity index (χ3n) is 4.82. The average molecular weight is 389 g/mol. The van der Waals surface area contributed by atoms with Crippen LogP contribution in [0.25, 0.3) is 0 Å². The third-order valence-corrected chi connectivity index (χ3v) is 6.66. The van der Waals surface area contributed by atoms with E-state index in [1.807, 2.05) is 42.5 Å². The van der Waals surface area contributed by atoms with Crippen molar-refractivity contribution in [3.63, 3.8) is 0 Å². The first-order valence-electron chi connectivity index (χ1n) is 9.58. The Morgan fingerprint density at radius 3 is 2.30 bits per heavy atom. The number of ether oxygens (including phenoxy) is 1. The second-order valence-corrected chi connectivity index (χ2v) is 8.62. The summed E-state index contributed by atoms with van der Waals surface area (Å²) in [5, 5.41) is 0. The standard InChI is InChI=1S/C21H28N2O3S/c1-2-6-19-9-11-21(12-10-19)27(24,25)23(20-7-4-3-5-8-20)14-13-22-15-17-26-18-16-22/h3-5,7-12H,2,6,13-18H2,1H3. The van der Waals surface area contributed by atoms with E-state index in [9.17, 15) is 8.42 Å². The van der Waals surface area contributed by atoms with Crippen LogP contribution in [-0.4, -0.2) is 52.7 Å². The first-order chi connectivity index (χ1) is 13.1. The fraction of sp³-hybridized carbons (Fsp3) is 0.429. The van der Waals surface area contributed by atoms with Gasteiger partial charge in [-0.1, -0.05) is 43.7 Å². The Morgan fingerprint density at radius 1 is 1.00 bits per heavy atom. The molecule has 0 spiro atoms. The van der Waals surface area contributed by atoms with E-state index < -0.39 is 10.0 Å². The van der Waals surface area contributed by atoms with Gasteiger partial charge in [0, 0.05) is 26.2 Å². The number of hydrogen-bond donors (Lipinski definition) is 0. The number of rotatable bonds is 8. The minimum Gasteiger partial charge on any atom is -0.379 e. The van der Waals surface area contributed by atoms with Crippen molar-refractivity contribution in [2.24, 2.45) is 0 Å². The third kappa shape index (κ3) is 5.09. The van der Waals surface area contributed by atoms with Gasteiger partial charge >= 0.3 is 0 Å². The number of anilines is 1. The summed E-state index contributed by atoms with van der Waals surface area (Å²) in [6.45, 7) is 6.32. The Balaban J connectivity index is 1.83. The summed E-state index contributed by atoms with van der Waals surface area (Å²) < 4.78 is 33.6. The van der Waals surface area contributed by atoms with Crippen LogP contribution in [0.15, 0.2) is 59.5 Å². The van der Waals surface area contributed by atoms with Gasteiger partial charge in [-0.05, 0) is 36.2 Å². The molecule has 1 fully saturated rings. The molecule has 0 radical (unpaired) electrons. The Labute approximate surface area is 162 Å². The molecule has 146 valence electrons. The smallest absolute Gasteiger partial charge is 0.264 e. The number of sulfonamides is 1. The summed E-state index contributed by atoms with van der Waals surface area (Å²) in [4.78, 5) is 2.59. The van der Waals surface area contributed by atoms with E-state index >= 15 is 0 Å². The zero-order valence-electron chi connectivity index (χ0n) is 15.9. The maximum absolute atomic E-state index is 13.4. The fourth-order valence-corrected chi connectivity index (χ4v) is 4.74. The number of benzene rings is 2. The van der Waals surface area contributed by atoms with Crippen molar-refractivity contribution in [2.75, 3.05) is 43.7 Å². The summed E-state index contributed by atoms with van der Waals surface area (Å²) in [6.07, 6.45) is 2.00. The molecule has 2 aromatic rings. The first-order valence-corrected chi connectivity index (χ1v) is 11.0. The molecule has 0 unspecified atom stereocenters. The van der Waals surface area contributed by atoms with E-state index in [0.29, 0.717) is 36.9 Å². The van der Waals surface area contributed by atoms with E-state index in [4.69, 9.17) is 4.74 Å². The minimum atomic E-state index is -3.61. The van der Waals surface area contributed by atoms with Gasteiger partial charge in [-0.2, -0.15) is 0 Å². The Morgan fingerprint density at radius 2 is 1.67 bits per heavy atom. The molecule has 0 bridgehead atoms. The van der Waals surface area contributed by atoms with Crippen LogP contribution >= 0.6 is 0 Å². The molecular formula is C21H28N2O3S. The lowest BCUT2D eigenvalue weighted by Crippen LogP contribution is -2.43. The van der Waals surface area contributed by atoms with E-state index in [1.165, 1.54) is 4.31 Å². The lowest BCUT2D eigenvalue weighted by atomic mass is 10.1. The Bertz CT molecular complexity index is 801. The lowest BCUT2D eigenvalue weighted by molar-refractivity contribution is 0.0395. The van der Waals surface area contributed by atoms with Gasteiger partial charge in [0.05, 0.1) is 23.8 Å². The molecule has 1 aliphatic heterocycles. The number of morpholine rings is 1. The van der Waals surface area contributed by atoms with Crippen LogP contribution in [0, 0.1) is 0 Å². The van der Waals surface area contributed by atoms with Gasteiger partial charge in [0.25, 0.3) is 10.0 Å². The van der Waals surface area contributed by atoms with Crippen molar-refractivity contribution in [2.45, 2.75) is 24.7 Å². The van der Waals surface area contributed by atoms with Crippen LogP contribution in [-0.2, 0) is 21.2 Å². The van der Waals surface area contributed by atoms with Gasteiger partial charge in [0.15, 0.2) is 0 Å². The molecule has 1 heterocycles.